The number of esters is 1. The van der Waals surface area contributed by atoms with Crippen molar-refractivity contribution in [3.8, 4) is 0 Å². The third kappa shape index (κ3) is 4.84. The standard InChI is InChI=1S/C28H35ClN2O5S/c1-4-15-30(20-11-9-19(29)10-12-20)25(34)23-28-14-13-27(3,37-28)22(26(35)36-18-5-2)21(28)24(33)31(23)16-7-6-8-17-32/h4-5,9-12,21-23,32H,1-2,6-8,13-18H2,3H3/t21-,22+,23?,27-,28?/m0/s1. The van der Waals surface area contributed by atoms with E-state index in [0.717, 1.165) is 12.8 Å². The minimum atomic E-state index is -0.723. The topological polar surface area (TPSA) is 87.1 Å². The van der Waals surface area contributed by atoms with Crippen molar-refractivity contribution in [1.82, 2.24) is 4.90 Å². The van der Waals surface area contributed by atoms with E-state index < -0.39 is 33.3 Å². The molecule has 0 radical (unpaired) electrons. The van der Waals surface area contributed by atoms with Crippen molar-refractivity contribution in [2.24, 2.45) is 11.8 Å². The molecular formula is C28H35ClN2O5S. The van der Waals surface area contributed by atoms with Gasteiger partial charge in [-0.25, -0.2) is 0 Å². The zero-order chi connectivity index (χ0) is 26.8. The highest BCUT2D eigenvalue weighted by Crippen LogP contribution is 2.71. The Hall–Kier alpha value is -2.29. The molecule has 9 heteroatoms. The number of hydrogen-bond acceptors (Lipinski definition) is 6. The lowest BCUT2D eigenvalue weighted by Crippen LogP contribution is -2.55. The predicted octanol–water partition coefficient (Wildman–Crippen LogP) is 4.23. The van der Waals surface area contributed by atoms with E-state index in [1.165, 1.54) is 6.08 Å². The Morgan fingerprint density at radius 3 is 2.59 bits per heavy atom. The van der Waals surface area contributed by atoms with E-state index in [-0.39, 0.29) is 31.6 Å². The normalized spacial score (nSPS) is 29.8. The molecular weight excluding hydrogens is 512 g/mol. The summed E-state index contributed by atoms with van der Waals surface area (Å²) < 4.78 is 4.27. The molecule has 0 saturated carbocycles. The lowest BCUT2D eigenvalue weighted by atomic mass is 9.66. The van der Waals surface area contributed by atoms with Gasteiger partial charge in [0.1, 0.15) is 12.6 Å². The number of halogens is 1. The summed E-state index contributed by atoms with van der Waals surface area (Å²) in [5, 5.41) is 9.78. The van der Waals surface area contributed by atoms with E-state index in [0.29, 0.717) is 36.5 Å². The quantitative estimate of drug-likeness (QED) is 0.240. The van der Waals surface area contributed by atoms with Crippen LogP contribution in [0.5, 0.6) is 0 Å². The Labute approximate surface area is 227 Å². The first kappa shape index (κ1) is 27.7. The van der Waals surface area contributed by atoms with Crippen LogP contribution in [0.2, 0.25) is 5.02 Å². The van der Waals surface area contributed by atoms with Crippen LogP contribution in [0.3, 0.4) is 0 Å². The first-order valence-electron chi connectivity index (χ1n) is 12.8. The third-order valence-corrected chi connectivity index (χ3v) is 10.1. The summed E-state index contributed by atoms with van der Waals surface area (Å²) in [4.78, 5) is 45.1. The number of aliphatic hydroxyl groups excluding tert-OH is 1. The summed E-state index contributed by atoms with van der Waals surface area (Å²) in [7, 11) is 0. The van der Waals surface area contributed by atoms with Gasteiger partial charge in [-0.2, -0.15) is 0 Å². The van der Waals surface area contributed by atoms with Gasteiger partial charge < -0.3 is 19.6 Å². The molecule has 4 rings (SSSR count). The molecule has 1 spiro atoms. The van der Waals surface area contributed by atoms with Gasteiger partial charge in [-0.05, 0) is 63.3 Å². The Morgan fingerprint density at radius 2 is 1.95 bits per heavy atom. The van der Waals surface area contributed by atoms with Crippen molar-refractivity contribution in [2.75, 3.05) is 31.2 Å². The molecule has 3 saturated heterocycles. The SMILES string of the molecule is C=CCOC(=O)[C@H]1[C@H]2C(=O)N(CCCCCO)C(C(=O)N(CC=C)c3ccc(Cl)cc3)C23CC[C@]1(C)S3. The molecule has 37 heavy (non-hydrogen) atoms. The molecule has 200 valence electrons. The summed E-state index contributed by atoms with van der Waals surface area (Å²) in [5.74, 6) is -2.00. The average Bonchev–Trinajstić information content (AvgIpc) is 3.44. The van der Waals surface area contributed by atoms with Crippen LogP contribution in [0, 0.1) is 11.8 Å². The fourth-order valence-electron chi connectivity index (χ4n) is 6.33. The number of aliphatic hydroxyl groups is 1. The van der Waals surface area contributed by atoms with Crippen LogP contribution in [0.1, 0.15) is 39.0 Å². The second-order valence-electron chi connectivity index (χ2n) is 10.2. The molecule has 3 heterocycles. The number of nitrogens with zero attached hydrogens (tertiary/aromatic N) is 2. The molecule has 1 aromatic rings. The van der Waals surface area contributed by atoms with E-state index >= 15 is 0 Å². The van der Waals surface area contributed by atoms with E-state index in [4.69, 9.17) is 16.3 Å². The largest absolute Gasteiger partial charge is 0.461 e. The van der Waals surface area contributed by atoms with Crippen LogP contribution in [0.4, 0.5) is 5.69 Å². The van der Waals surface area contributed by atoms with Crippen LogP contribution in [-0.2, 0) is 19.1 Å². The maximum Gasteiger partial charge on any atom is 0.311 e. The van der Waals surface area contributed by atoms with Crippen molar-refractivity contribution < 1.29 is 24.2 Å². The van der Waals surface area contributed by atoms with Gasteiger partial charge in [-0.1, -0.05) is 30.3 Å². The number of thioether (sulfide) groups is 1. The molecule has 3 fully saturated rings. The number of likely N-dealkylation sites (tertiary alicyclic amines) is 1. The summed E-state index contributed by atoms with van der Waals surface area (Å²) in [6.45, 7) is 10.3. The molecule has 7 nitrogen and oxygen atoms in total. The van der Waals surface area contributed by atoms with Gasteiger partial charge in [0.2, 0.25) is 5.91 Å². The maximum absolute atomic E-state index is 14.4. The van der Waals surface area contributed by atoms with Gasteiger partial charge >= 0.3 is 5.97 Å². The van der Waals surface area contributed by atoms with Gasteiger partial charge in [-0.15, -0.1) is 18.3 Å². The minimum Gasteiger partial charge on any atom is -0.461 e. The minimum absolute atomic E-state index is 0.0813. The number of unbranched alkanes of at least 4 members (excludes halogenated alkanes) is 2. The van der Waals surface area contributed by atoms with Gasteiger partial charge in [0.25, 0.3) is 5.91 Å². The summed E-state index contributed by atoms with van der Waals surface area (Å²) in [5.41, 5.74) is 0.674. The third-order valence-electron chi connectivity index (χ3n) is 7.88. The smallest absolute Gasteiger partial charge is 0.311 e. The van der Waals surface area contributed by atoms with Crippen molar-refractivity contribution in [1.29, 1.82) is 0 Å². The molecule has 0 aromatic heterocycles. The number of rotatable bonds is 12. The van der Waals surface area contributed by atoms with E-state index in [2.05, 4.69) is 13.2 Å². The number of hydrogen-bond donors (Lipinski definition) is 1. The maximum atomic E-state index is 14.4. The Kier molecular flexibility index (Phi) is 8.41. The molecule has 2 bridgehead atoms. The summed E-state index contributed by atoms with van der Waals surface area (Å²) in [6, 6.07) is 6.32. The van der Waals surface area contributed by atoms with E-state index in [9.17, 15) is 19.5 Å². The van der Waals surface area contributed by atoms with Crippen molar-refractivity contribution >= 4 is 46.8 Å². The molecule has 1 aromatic carbocycles. The molecule has 1 N–H and O–H groups in total. The molecule has 2 unspecified atom stereocenters. The molecule has 5 atom stereocenters. The molecule has 3 aliphatic heterocycles. The van der Waals surface area contributed by atoms with Crippen molar-refractivity contribution in [3.63, 3.8) is 0 Å². The summed E-state index contributed by atoms with van der Waals surface area (Å²) >= 11 is 7.72. The number of amides is 2. The Bertz CT molecular complexity index is 1070. The van der Waals surface area contributed by atoms with Gasteiger partial charge in [0.15, 0.2) is 0 Å². The second kappa shape index (κ2) is 11.2. The lowest BCUT2D eigenvalue weighted by Gasteiger charge is -2.37. The van der Waals surface area contributed by atoms with Crippen molar-refractivity contribution in [3.05, 3.63) is 54.6 Å². The highest BCUT2D eigenvalue weighted by Gasteiger charge is 2.77. The molecule has 3 aliphatic rings. The number of carbonyl (C=O) groups excluding carboxylic acids is 3. The number of anilines is 1. The fraction of sp³-hybridized carbons (Fsp3) is 0.536. The van der Waals surface area contributed by atoms with Crippen LogP contribution >= 0.6 is 23.4 Å². The predicted molar refractivity (Wildman–Crippen MR) is 147 cm³/mol. The van der Waals surface area contributed by atoms with Gasteiger partial charge in [0, 0.05) is 35.2 Å². The monoisotopic (exact) mass is 546 g/mol. The van der Waals surface area contributed by atoms with E-state index in [1.54, 1.807) is 51.9 Å². The van der Waals surface area contributed by atoms with Crippen LogP contribution in [0.25, 0.3) is 0 Å². The van der Waals surface area contributed by atoms with Crippen LogP contribution in [-0.4, -0.2) is 69.6 Å². The van der Waals surface area contributed by atoms with E-state index in [1.807, 2.05) is 6.92 Å². The van der Waals surface area contributed by atoms with Crippen molar-refractivity contribution in [2.45, 2.75) is 54.6 Å². The first-order chi connectivity index (χ1) is 17.7. The molecule has 2 amide bonds. The lowest BCUT2D eigenvalue weighted by molar-refractivity contribution is -0.154. The first-order valence-corrected chi connectivity index (χ1v) is 14.0. The number of ether oxygens (including phenoxy) is 1. The van der Waals surface area contributed by atoms with Crippen LogP contribution < -0.4 is 4.90 Å². The highest BCUT2D eigenvalue weighted by molar-refractivity contribution is 8.02. The fourth-order valence-corrected chi connectivity index (χ4v) is 8.79. The number of fused-ring (bicyclic) bond motifs is 1. The van der Waals surface area contributed by atoms with Gasteiger partial charge in [-0.3, -0.25) is 14.4 Å². The Morgan fingerprint density at radius 1 is 1.22 bits per heavy atom. The zero-order valence-corrected chi connectivity index (χ0v) is 22.8. The highest BCUT2D eigenvalue weighted by atomic mass is 35.5. The second-order valence-corrected chi connectivity index (χ2v) is 12.5. The zero-order valence-electron chi connectivity index (χ0n) is 21.2. The average molecular weight is 547 g/mol. The Balaban J connectivity index is 1.74. The molecule has 0 aliphatic carbocycles. The van der Waals surface area contributed by atoms with Crippen LogP contribution in [0.15, 0.2) is 49.6 Å². The number of carbonyl (C=O) groups is 3. The number of benzene rings is 1. The summed E-state index contributed by atoms with van der Waals surface area (Å²) in [6.07, 6.45) is 6.61. The van der Waals surface area contributed by atoms with Gasteiger partial charge in [0.05, 0.1) is 16.6 Å².